The molecule has 5 heteroatoms. The summed E-state index contributed by atoms with van der Waals surface area (Å²) < 4.78 is 5.07. The molecule has 18 heavy (non-hydrogen) atoms. The summed E-state index contributed by atoms with van der Waals surface area (Å²) in [4.78, 5) is 24.3. The third-order valence-electron chi connectivity index (χ3n) is 3.11. The van der Waals surface area contributed by atoms with Crippen molar-refractivity contribution in [3.63, 3.8) is 0 Å². The molecule has 1 fully saturated rings. The maximum absolute atomic E-state index is 11.7. The van der Waals surface area contributed by atoms with E-state index >= 15 is 0 Å². The average Bonchev–Trinajstić information content (AvgIpc) is 2.71. The second-order valence-corrected chi connectivity index (χ2v) is 4.67. The van der Waals surface area contributed by atoms with Gasteiger partial charge in [0.2, 0.25) is 5.91 Å². The molecule has 5 nitrogen and oxygen atoms in total. The van der Waals surface area contributed by atoms with Crippen LogP contribution >= 0.6 is 0 Å². The Labute approximate surface area is 106 Å². The smallest absolute Gasteiger partial charge is 0.414 e. The minimum Gasteiger partial charge on any atom is -0.447 e. The lowest BCUT2D eigenvalue weighted by Gasteiger charge is -2.24. The number of carbonyl (C=O) groups is 2. The number of hydrogen-bond acceptors (Lipinski definition) is 3. The molecule has 1 aromatic carbocycles. The number of cyclic esters (lactones) is 1. The van der Waals surface area contributed by atoms with E-state index in [0.717, 1.165) is 5.69 Å². The van der Waals surface area contributed by atoms with Crippen LogP contribution in [0.2, 0.25) is 0 Å². The zero-order valence-electron chi connectivity index (χ0n) is 10.4. The number of nitrogens with two attached hydrogens (primary N) is 1. The summed E-state index contributed by atoms with van der Waals surface area (Å²) in [5.41, 5.74) is 6.32. The highest BCUT2D eigenvalue weighted by atomic mass is 16.6. The van der Waals surface area contributed by atoms with Crippen LogP contribution in [-0.2, 0) is 4.74 Å². The number of rotatable bonds is 3. The van der Waals surface area contributed by atoms with Crippen LogP contribution < -0.4 is 10.6 Å². The Morgan fingerprint density at radius 3 is 2.50 bits per heavy atom. The SMILES string of the molecule is CC(C)C1COC(=O)N1c1ccc(C(N)=O)cc1. The molecular weight excluding hydrogens is 232 g/mol. The van der Waals surface area contributed by atoms with Crippen LogP contribution in [0.25, 0.3) is 0 Å². The number of hydrogen-bond donors (Lipinski definition) is 1. The van der Waals surface area contributed by atoms with Gasteiger partial charge in [-0.3, -0.25) is 9.69 Å². The van der Waals surface area contributed by atoms with Crippen molar-refractivity contribution in [2.45, 2.75) is 19.9 Å². The highest BCUT2D eigenvalue weighted by molar-refractivity contribution is 5.94. The van der Waals surface area contributed by atoms with E-state index in [4.69, 9.17) is 10.5 Å². The fourth-order valence-corrected chi connectivity index (χ4v) is 2.01. The summed E-state index contributed by atoms with van der Waals surface area (Å²) in [5.74, 6) is -0.182. The van der Waals surface area contributed by atoms with Crippen LogP contribution in [0.4, 0.5) is 10.5 Å². The topological polar surface area (TPSA) is 72.6 Å². The van der Waals surface area contributed by atoms with E-state index in [1.807, 2.05) is 13.8 Å². The molecule has 1 aliphatic rings. The summed E-state index contributed by atoms with van der Waals surface area (Å²) in [5, 5.41) is 0. The zero-order valence-corrected chi connectivity index (χ0v) is 10.4. The fourth-order valence-electron chi connectivity index (χ4n) is 2.01. The predicted molar refractivity (Wildman–Crippen MR) is 67.4 cm³/mol. The lowest BCUT2D eigenvalue weighted by atomic mass is 10.0. The first-order chi connectivity index (χ1) is 8.50. The molecule has 1 unspecified atom stereocenters. The number of benzene rings is 1. The molecule has 0 saturated carbocycles. The van der Waals surface area contributed by atoms with Crippen molar-refractivity contribution in [3.05, 3.63) is 29.8 Å². The van der Waals surface area contributed by atoms with Gasteiger partial charge in [0.15, 0.2) is 0 Å². The van der Waals surface area contributed by atoms with Crippen LogP contribution in [0, 0.1) is 5.92 Å². The molecule has 96 valence electrons. The molecule has 0 aromatic heterocycles. The molecule has 0 bridgehead atoms. The normalized spacial score (nSPS) is 19.2. The molecule has 1 aliphatic heterocycles. The van der Waals surface area contributed by atoms with Crippen molar-refractivity contribution < 1.29 is 14.3 Å². The van der Waals surface area contributed by atoms with Gasteiger partial charge in [0.05, 0.1) is 6.04 Å². The van der Waals surface area contributed by atoms with Crippen molar-refractivity contribution in [1.82, 2.24) is 0 Å². The van der Waals surface area contributed by atoms with Gasteiger partial charge >= 0.3 is 6.09 Å². The maximum atomic E-state index is 11.7. The van der Waals surface area contributed by atoms with Gasteiger partial charge in [-0.1, -0.05) is 13.8 Å². The largest absolute Gasteiger partial charge is 0.447 e. The van der Waals surface area contributed by atoms with Crippen molar-refractivity contribution in [1.29, 1.82) is 0 Å². The summed E-state index contributed by atoms with van der Waals surface area (Å²) >= 11 is 0. The minimum atomic E-state index is -0.481. The van der Waals surface area contributed by atoms with Gasteiger partial charge in [-0.2, -0.15) is 0 Å². The third kappa shape index (κ3) is 2.16. The van der Waals surface area contributed by atoms with Crippen molar-refractivity contribution >= 4 is 17.7 Å². The molecular formula is C13H16N2O3. The molecule has 2 amide bonds. The molecule has 2 rings (SSSR count). The van der Waals surface area contributed by atoms with Crippen molar-refractivity contribution in [2.24, 2.45) is 11.7 Å². The van der Waals surface area contributed by atoms with Crippen LogP contribution in [-0.4, -0.2) is 24.6 Å². The summed E-state index contributed by atoms with van der Waals surface area (Å²) in [6.45, 7) is 4.48. The molecule has 0 aliphatic carbocycles. The maximum Gasteiger partial charge on any atom is 0.414 e. The highest BCUT2D eigenvalue weighted by Gasteiger charge is 2.35. The summed E-state index contributed by atoms with van der Waals surface area (Å²) in [6, 6.07) is 6.67. The van der Waals surface area contributed by atoms with Gasteiger partial charge in [0.25, 0.3) is 0 Å². The summed E-state index contributed by atoms with van der Waals surface area (Å²) in [6.07, 6.45) is -0.347. The number of ether oxygens (including phenoxy) is 1. The first-order valence-corrected chi connectivity index (χ1v) is 5.86. The zero-order chi connectivity index (χ0) is 13.3. The Balaban J connectivity index is 2.29. The Bertz CT molecular complexity index is 468. The molecule has 0 radical (unpaired) electrons. The van der Waals surface area contributed by atoms with Gasteiger partial charge < -0.3 is 10.5 Å². The lowest BCUT2D eigenvalue weighted by Crippen LogP contribution is -2.37. The van der Waals surface area contributed by atoms with Crippen LogP contribution in [0.15, 0.2) is 24.3 Å². The Morgan fingerprint density at radius 2 is 2.00 bits per heavy atom. The van der Waals surface area contributed by atoms with E-state index in [1.165, 1.54) is 0 Å². The van der Waals surface area contributed by atoms with Gasteiger partial charge in [-0.25, -0.2) is 4.79 Å². The second-order valence-electron chi connectivity index (χ2n) is 4.67. The molecule has 0 spiro atoms. The van der Waals surface area contributed by atoms with E-state index in [9.17, 15) is 9.59 Å². The number of primary amides is 1. The van der Waals surface area contributed by atoms with E-state index in [-0.39, 0.29) is 12.1 Å². The second kappa shape index (κ2) is 4.68. The highest BCUT2D eigenvalue weighted by Crippen LogP contribution is 2.27. The van der Waals surface area contributed by atoms with E-state index in [0.29, 0.717) is 18.1 Å². The van der Waals surface area contributed by atoms with Crippen molar-refractivity contribution in [3.8, 4) is 0 Å². The quantitative estimate of drug-likeness (QED) is 0.885. The number of anilines is 1. The van der Waals surface area contributed by atoms with Crippen LogP contribution in [0.5, 0.6) is 0 Å². The molecule has 2 N–H and O–H groups in total. The minimum absolute atomic E-state index is 0.0249. The number of nitrogens with zero attached hydrogens (tertiary/aromatic N) is 1. The molecule has 1 aromatic rings. The fraction of sp³-hybridized carbons (Fsp3) is 0.385. The van der Waals surface area contributed by atoms with Gasteiger partial charge in [0.1, 0.15) is 6.61 Å². The van der Waals surface area contributed by atoms with E-state index in [1.54, 1.807) is 29.2 Å². The molecule has 1 heterocycles. The monoisotopic (exact) mass is 248 g/mol. The first-order valence-electron chi connectivity index (χ1n) is 5.86. The molecule has 1 atom stereocenters. The Hall–Kier alpha value is -2.04. The van der Waals surface area contributed by atoms with E-state index < -0.39 is 5.91 Å². The molecule has 1 saturated heterocycles. The third-order valence-corrected chi connectivity index (χ3v) is 3.11. The Kier molecular flexibility index (Phi) is 3.23. The van der Waals surface area contributed by atoms with Crippen LogP contribution in [0.3, 0.4) is 0 Å². The van der Waals surface area contributed by atoms with E-state index in [2.05, 4.69) is 0 Å². The Morgan fingerprint density at radius 1 is 1.39 bits per heavy atom. The van der Waals surface area contributed by atoms with Crippen molar-refractivity contribution in [2.75, 3.05) is 11.5 Å². The van der Waals surface area contributed by atoms with Gasteiger partial charge in [-0.15, -0.1) is 0 Å². The number of amides is 2. The standard InChI is InChI=1S/C13H16N2O3/c1-8(2)11-7-18-13(17)15(11)10-5-3-9(4-6-10)12(14)16/h3-6,8,11H,7H2,1-2H3,(H2,14,16). The van der Waals surface area contributed by atoms with Gasteiger partial charge in [-0.05, 0) is 30.2 Å². The van der Waals surface area contributed by atoms with Crippen LogP contribution in [0.1, 0.15) is 24.2 Å². The lowest BCUT2D eigenvalue weighted by molar-refractivity contribution is 0.100. The summed E-state index contributed by atoms with van der Waals surface area (Å²) in [7, 11) is 0. The predicted octanol–water partition coefficient (Wildman–Crippen LogP) is 1.77. The first kappa shape index (κ1) is 12.4. The average molecular weight is 248 g/mol. The number of carbonyl (C=O) groups excluding carboxylic acids is 2. The van der Waals surface area contributed by atoms with Gasteiger partial charge in [0, 0.05) is 11.3 Å².